The summed E-state index contributed by atoms with van der Waals surface area (Å²) in [6.07, 6.45) is 0.347. The Morgan fingerprint density at radius 2 is 1.89 bits per heavy atom. The second kappa shape index (κ2) is 6.72. The summed E-state index contributed by atoms with van der Waals surface area (Å²) in [6.45, 7) is 1.89. The summed E-state index contributed by atoms with van der Waals surface area (Å²) in [5, 5.41) is 14.4. The fourth-order valence-electron chi connectivity index (χ4n) is 2.86. The Hall–Kier alpha value is -3.82. The zero-order valence-corrected chi connectivity index (χ0v) is 15.2. The second-order valence-corrected chi connectivity index (χ2v) is 6.33. The Morgan fingerprint density at radius 3 is 2.57 bits per heavy atom. The van der Waals surface area contributed by atoms with Crippen LogP contribution < -0.4 is 10.2 Å². The Bertz CT molecular complexity index is 1060. The van der Waals surface area contributed by atoms with Crippen molar-refractivity contribution in [3.8, 4) is 11.6 Å². The van der Waals surface area contributed by atoms with E-state index in [9.17, 15) is 14.4 Å². The van der Waals surface area contributed by atoms with Crippen LogP contribution in [0.25, 0.3) is 11.6 Å². The fraction of sp³-hybridized carbons (Fsp3) is 0.222. The molecule has 0 radical (unpaired) electrons. The number of aromatic nitrogens is 4. The molecule has 1 N–H and O–H groups in total. The molecule has 0 bridgehead atoms. The lowest BCUT2D eigenvalue weighted by atomic mass is 10.2. The molecule has 0 spiro atoms. The quantitative estimate of drug-likeness (QED) is 0.683. The zero-order chi connectivity index (χ0) is 19.8. The highest BCUT2D eigenvalue weighted by Gasteiger charge is 2.30. The van der Waals surface area contributed by atoms with Crippen LogP contribution in [0, 0.1) is 6.92 Å². The summed E-state index contributed by atoms with van der Waals surface area (Å²) in [4.78, 5) is 37.4. The topological polar surface area (TPSA) is 123 Å². The molecule has 0 atom stereocenters. The SMILES string of the molecule is Cc1cc(-c2nnc(NC(=O)c3cccc(N4C(=O)CCC4=O)c3)o2)nn1C. The number of amides is 3. The molecule has 3 amide bonds. The summed E-state index contributed by atoms with van der Waals surface area (Å²) in [5.74, 6) is -0.890. The van der Waals surface area contributed by atoms with Gasteiger partial charge in [-0.05, 0) is 31.2 Å². The van der Waals surface area contributed by atoms with Crippen molar-refractivity contribution in [2.75, 3.05) is 10.2 Å². The van der Waals surface area contributed by atoms with Crippen LogP contribution in [-0.4, -0.2) is 37.7 Å². The first-order valence-corrected chi connectivity index (χ1v) is 8.54. The van der Waals surface area contributed by atoms with Crippen LogP contribution in [0.15, 0.2) is 34.7 Å². The van der Waals surface area contributed by atoms with Gasteiger partial charge in [-0.15, -0.1) is 5.10 Å². The number of rotatable bonds is 4. The molecule has 3 heterocycles. The molecule has 3 aromatic rings. The van der Waals surface area contributed by atoms with Crippen molar-refractivity contribution in [3.63, 3.8) is 0 Å². The van der Waals surface area contributed by atoms with Gasteiger partial charge in [-0.25, -0.2) is 0 Å². The van der Waals surface area contributed by atoms with E-state index in [1.54, 1.807) is 36.0 Å². The normalized spacial score (nSPS) is 14.0. The molecular formula is C18H16N6O4. The molecule has 4 rings (SSSR count). The van der Waals surface area contributed by atoms with Crippen molar-refractivity contribution >= 4 is 29.4 Å². The Labute approximate surface area is 159 Å². The summed E-state index contributed by atoms with van der Waals surface area (Å²) >= 11 is 0. The highest BCUT2D eigenvalue weighted by atomic mass is 16.4. The number of benzene rings is 1. The van der Waals surface area contributed by atoms with Crippen LogP contribution in [0.3, 0.4) is 0 Å². The highest BCUT2D eigenvalue weighted by molar-refractivity contribution is 6.20. The van der Waals surface area contributed by atoms with E-state index in [4.69, 9.17) is 4.42 Å². The van der Waals surface area contributed by atoms with Crippen LogP contribution in [0.4, 0.5) is 11.7 Å². The molecule has 10 heteroatoms. The van der Waals surface area contributed by atoms with Crippen molar-refractivity contribution in [1.82, 2.24) is 20.0 Å². The van der Waals surface area contributed by atoms with Crippen LogP contribution in [-0.2, 0) is 16.6 Å². The minimum atomic E-state index is -0.506. The first kappa shape index (κ1) is 17.6. The number of hydrogen-bond acceptors (Lipinski definition) is 7. The smallest absolute Gasteiger partial charge is 0.322 e. The fourth-order valence-corrected chi connectivity index (χ4v) is 2.86. The Kier molecular flexibility index (Phi) is 4.22. The van der Waals surface area contributed by atoms with Crippen molar-refractivity contribution in [2.45, 2.75) is 19.8 Å². The van der Waals surface area contributed by atoms with Gasteiger partial charge in [0.05, 0.1) is 5.69 Å². The number of aryl methyl sites for hydroxylation is 2. The third-order valence-corrected chi connectivity index (χ3v) is 4.40. The third-order valence-electron chi connectivity index (χ3n) is 4.40. The Balaban J connectivity index is 1.52. The number of imide groups is 1. The van der Waals surface area contributed by atoms with E-state index >= 15 is 0 Å². The number of carbonyl (C=O) groups excluding carboxylic acids is 3. The van der Waals surface area contributed by atoms with E-state index in [1.165, 1.54) is 6.07 Å². The molecule has 1 saturated heterocycles. The second-order valence-electron chi connectivity index (χ2n) is 6.33. The first-order chi connectivity index (χ1) is 13.4. The maximum Gasteiger partial charge on any atom is 0.322 e. The molecule has 1 aliphatic heterocycles. The summed E-state index contributed by atoms with van der Waals surface area (Å²) in [7, 11) is 1.79. The summed E-state index contributed by atoms with van der Waals surface area (Å²) in [6, 6.07) is 7.93. The van der Waals surface area contributed by atoms with Gasteiger partial charge in [0.25, 0.3) is 11.8 Å². The minimum absolute atomic E-state index is 0.0814. The lowest BCUT2D eigenvalue weighted by molar-refractivity contribution is -0.121. The Morgan fingerprint density at radius 1 is 1.14 bits per heavy atom. The third kappa shape index (κ3) is 3.15. The maximum absolute atomic E-state index is 12.5. The molecule has 0 saturated carbocycles. The molecule has 0 aliphatic carbocycles. The van der Waals surface area contributed by atoms with Gasteiger partial charge in [-0.1, -0.05) is 11.2 Å². The molecule has 10 nitrogen and oxygen atoms in total. The lowest BCUT2D eigenvalue weighted by Gasteiger charge is -2.14. The highest BCUT2D eigenvalue weighted by Crippen LogP contribution is 2.24. The number of nitrogens with one attached hydrogen (secondary N) is 1. The standard InChI is InChI=1S/C18H16N6O4/c1-10-8-13(22-23(10)2)17-20-21-18(28-17)19-16(27)11-4-3-5-12(9-11)24-14(25)6-7-15(24)26/h3-5,8-9H,6-7H2,1-2H3,(H,19,21,27). The molecule has 1 fully saturated rings. The van der Waals surface area contributed by atoms with Crippen molar-refractivity contribution < 1.29 is 18.8 Å². The predicted octanol–water partition coefficient (Wildman–Crippen LogP) is 1.68. The summed E-state index contributed by atoms with van der Waals surface area (Å²) in [5.41, 5.74) is 2.02. The van der Waals surface area contributed by atoms with Gasteiger partial charge in [0, 0.05) is 31.1 Å². The number of anilines is 2. The van der Waals surface area contributed by atoms with Crippen LogP contribution in [0.5, 0.6) is 0 Å². The predicted molar refractivity (Wildman–Crippen MR) is 97.4 cm³/mol. The van der Waals surface area contributed by atoms with E-state index in [-0.39, 0.29) is 42.1 Å². The van der Waals surface area contributed by atoms with Gasteiger partial charge in [0.1, 0.15) is 5.69 Å². The zero-order valence-electron chi connectivity index (χ0n) is 15.2. The average molecular weight is 380 g/mol. The van der Waals surface area contributed by atoms with E-state index in [0.29, 0.717) is 11.4 Å². The van der Waals surface area contributed by atoms with Crippen molar-refractivity contribution in [1.29, 1.82) is 0 Å². The van der Waals surface area contributed by atoms with Crippen LogP contribution in [0.2, 0.25) is 0 Å². The van der Waals surface area contributed by atoms with Gasteiger partial charge in [-0.2, -0.15) is 5.10 Å². The van der Waals surface area contributed by atoms with E-state index in [0.717, 1.165) is 10.6 Å². The molecule has 28 heavy (non-hydrogen) atoms. The molecule has 2 aromatic heterocycles. The number of hydrogen-bond donors (Lipinski definition) is 1. The van der Waals surface area contributed by atoms with E-state index < -0.39 is 5.91 Å². The van der Waals surface area contributed by atoms with Crippen molar-refractivity contribution in [3.05, 3.63) is 41.6 Å². The number of nitrogens with zero attached hydrogens (tertiary/aromatic N) is 5. The van der Waals surface area contributed by atoms with Gasteiger partial charge in [0.2, 0.25) is 11.8 Å². The maximum atomic E-state index is 12.5. The van der Waals surface area contributed by atoms with Gasteiger partial charge >= 0.3 is 6.01 Å². The molecule has 1 aromatic carbocycles. The van der Waals surface area contributed by atoms with Crippen molar-refractivity contribution in [2.24, 2.45) is 7.05 Å². The molecular weight excluding hydrogens is 364 g/mol. The van der Waals surface area contributed by atoms with Crippen LogP contribution >= 0.6 is 0 Å². The van der Waals surface area contributed by atoms with Gasteiger partial charge in [-0.3, -0.25) is 29.3 Å². The lowest BCUT2D eigenvalue weighted by Crippen LogP contribution is -2.28. The minimum Gasteiger partial charge on any atom is -0.401 e. The molecule has 0 unspecified atom stereocenters. The summed E-state index contributed by atoms with van der Waals surface area (Å²) < 4.78 is 7.12. The first-order valence-electron chi connectivity index (χ1n) is 8.54. The monoisotopic (exact) mass is 380 g/mol. The van der Waals surface area contributed by atoms with E-state index in [1.807, 2.05) is 6.92 Å². The molecule has 142 valence electrons. The largest absolute Gasteiger partial charge is 0.401 e. The van der Waals surface area contributed by atoms with Gasteiger partial charge in [0.15, 0.2) is 0 Å². The number of carbonyl (C=O) groups is 3. The molecule has 1 aliphatic rings. The average Bonchev–Trinajstić information content (AvgIpc) is 3.36. The van der Waals surface area contributed by atoms with E-state index in [2.05, 4.69) is 20.6 Å². The van der Waals surface area contributed by atoms with Gasteiger partial charge < -0.3 is 4.42 Å². The van der Waals surface area contributed by atoms with Crippen LogP contribution in [0.1, 0.15) is 28.9 Å².